The zero-order chi connectivity index (χ0) is 15.3. The Morgan fingerprint density at radius 2 is 2.14 bits per heavy atom. The number of aryl methyl sites for hydroxylation is 2. The molecule has 116 valence electrons. The molecule has 3 heterocycles. The van der Waals surface area contributed by atoms with Crippen molar-refractivity contribution in [3.05, 3.63) is 35.0 Å². The molecule has 2 aliphatic rings. The van der Waals surface area contributed by atoms with Crippen LogP contribution < -0.4 is 5.32 Å². The average molecular weight is 297 g/mol. The molecule has 1 aromatic carbocycles. The van der Waals surface area contributed by atoms with Crippen LogP contribution in [0.2, 0.25) is 0 Å². The molecule has 2 saturated heterocycles. The van der Waals surface area contributed by atoms with Crippen molar-refractivity contribution in [2.75, 3.05) is 19.6 Å². The molecule has 2 fully saturated rings. The monoisotopic (exact) mass is 297 g/mol. The highest BCUT2D eigenvalue weighted by Gasteiger charge is 2.37. The number of para-hydroxylation sites is 1. The van der Waals surface area contributed by atoms with Gasteiger partial charge in [0.2, 0.25) is 0 Å². The highest BCUT2D eigenvalue weighted by atomic mass is 16.2. The highest BCUT2D eigenvalue weighted by molar-refractivity contribution is 6.06. The van der Waals surface area contributed by atoms with Crippen molar-refractivity contribution >= 4 is 16.8 Å². The summed E-state index contributed by atoms with van der Waals surface area (Å²) in [6, 6.07) is 6.53. The van der Waals surface area contributed by atoms with Crippen LogP contribution >= 0.6 is 0 Å². The van der Waals surface area contributed by atoms with E-state index in [1.807, 2.05) is 17.0 Å². The first-order valence-corrected chi connectivity index (χ1v) is 8.25. The summed E-state index contributed by atoms with van der Waals surface area (Å²) in [5.41, 5.74) is 4.19. The van der Waals surface area contributed by atoms with Gasteiger partial charge in [0, 0.05) is 30.2 Å². The molecule has 0 bridgehead atoms. The molecule has 0 radical (unpaired) electrons. The van der Waals surface area contributed by atoms with Crippen LogP contribution in [0.15, 0.2) is 18.2 Å². The van der Waals surface area contributed by atoms with E-state index in [1.54, 1.807) is 0 Å². The predicted molar refractivity (Wildman–Crippen MR) is 88.2 cm³/mol. The van der Waals surface area contributed by atoms with Gasteiger partial charge in [-0.1, -0.05) is 12.1 Å². The number of hydrogen-bond acceptors (Lipinski definition) is 2. The number of amides is 1. The second-order valence-corrected chi connectivity index (χ2v) is 6.78. The van der Waals surface area contributed by atoms with Crippen LogP contribution in [-0.4, -0.2) is 41.5 Å². The van der Waals surface area contributed by atoms with E-state index in [1.165, 1.54) is 18.4 Å². The number of benzene rings is 1. The van der Waals surface area contributed by atoms with E-state index in [0.717, 1.165) is 41.8 Å². The summed E-state index contributed by atoms with van der Waals surface area (Å²) in [6.07, 6.45) is 2.47. The molecule has 22 heavy (non-hydrogen) atoms. The summed E-state index contributed by atoms with van der Waals surface area (Å²) in [4.78, 5) is 18.4. The molecular formula is C18H23N3O. The van der Waals surface area contributed by atoms with Crippen molar-refractivity contribution in [1.82, 2.24) is 15.2 Å². The van der Waals surface area contributed by atoms with Crippen LogP contribution in [0.25, 0.3) is 10.9 Å². The molecule has 0 unspecified atom stereocenters. The lowest BCUT2D eigenvalue weighted by Crippen LogP contribution is -2.41. The lowest BCUT2D eigenvalue weighted by Gasteiger charge is -2.24. The Balaban J connectivity index is 1.67. The van der Waals surface area contributed by atoms with E-state index in [-0.39, 0.29) is 5.91 Å². The third kappa shape index (κ3) is 2.05. The van der Waals surface area contributed by atoms with Gasteiger partial charge in [-0.15, -0.1) is 0 Å². The lowest BCUT2D eigenvalue weighted by molar-refractivity contribution is 0.0787. The summed E-state index contributed by atoms with van der Waals surface area (Å²) in [5, 5.41) is 4.73. The van der Waals surface area contributed by atoms with Crippen molar-refractivity contribution in [3.63, 3.8) is 0 Å². The summed E-state index contributed by atoms with van der Waals surface area (Å²) in [7, 11) is 0. The molecule has 0 saturated carbocycles. The second-order valence-electron chi connectivity index (χ2n) is 6.78. The van der Waals surface area contributed by atoms with Crippen molar-refractivity contribution in [2.24, 2.45) is 5.92 Å². The van der Waals surface area contributed by atoms with Gasteiger partial charge in [-0.25, -0.2) is 0 Å². The van der Waals surface area contributed by atoms with E-state index in [9.17, 15) is 4.79 Å². The number of piperidine rings is 1. The summed E-state index contributed by atoms with van der Waals surface area (Å²) >= 11 is 0. The fourth-order valence-corrected chi connectivity index (χ4v) is 4.04. The SMILES string of the molecule is Cc1[nH]c2c(C(=O)N3C[C@@H]4CCCN[C@@H]4C3)cccc2c1C. The summed E-state index contributed by atoms with van der Waals surface area (Å²) < 4.78 is 0. The van der Waals surface area contributed by atoms with Gasteiger partial charge >= 0.3 is 0 Å². The normalized spacial score (nSPS) is 24.7. The fraction of sp³-hybridized carbons (Fsp3) is 0.500. The first-order chi connectivity index (χ1) is 10.6. The van der Waals surface area contributed by atoms with Crippen LogP contribution in [-0.2, 0) is 0 Å². The van der Waals surface area contributed by atoms with Gasteiger partial charge in [0.15, 0.2) is 0 Å². The number of aromatic amines is 1. The van der Waals surface area contributed by atoms with Crippen LogP contribution in [0.5, 0.6) is 0 Å². The maximum atomic E-state index is 13.0. The van der Waals surface area contributed by atoms with Crippen molar-refractivity contribution in [3.8, 4) is 0 Å². The maximum absolute atomic E-state index is 13.0. The number of rotatable bonds is 1. The quantitative estimate of drug-likeness (QED) is 0.850. The van der Waals surface area contributed by atoms with Gasteiger partial charge < -0.3 is 15.2 Å². The number of likely N-dealkylation sites (tertiary alicyclic amines) is 1. The molecule has 2 atom stereocenters. The molecule has 2 N–H and O–H groups in total. The predicted octanol–water partition coefficient (Wildman–Crippen LogP) is 2.61. The Labute approximate surface area is 130 Å². The van der Waals surface area contributed by atoms with E-state index in [2.05, 4.69) is 30.2 Å². The lowest BCUT2D eigenvalue weighted by atomic mass is 9.94. The molecule has 0 spiro atoms. The fourth-order valence-electron chi connectivity index (χ4n) is 4.04. The third-order valence-corrected chi connectivity index (χ3v) is 5.46. The van der Waals surface area contributed by atoms with E-state index >= 15 is 0 Å². The topological polar surface area (TPSA) is 48.1 Å². The van der Waals surface area contributed by atoms with Crippen LogP contribution in [0, 0.1) is 19.8 Å². The van der Waals surface area contributed by atoms with Crippen LogP contribution in [0.4, 0.5) is 0 Å². The Morgan fingerprint density at radius 1 is 1.27 bits per heavy atom. The standard InChI is InChI=1S/C18H23N3O/c1-11-12(2)20-17-14(11)6-3-7-15(17)18(22)21-9-13-5-4-8-19-16(13)10-21/h3,6-7,13,16,19-20H,4-5,8-10H2,1-2H3/t13-,16+/m0/s1. The van der Waals surface area contributed by atoms with Gasteiger partial charge in [0.05, 0.1) is 11.1 Å². The number of carbonyl (C=O) groups is 1. The highest BCUT2D eigenvalue weighted by Crippen LogP contribution is 2.29. The van der Waals surface area contributed by atoms with Gasteiger partial charge in [0.25, 0.3) is 5.91 Å². The number of hydrogen-bond donors (Lipinski definition) is 2. The zero-order valence-electron chi connectivity index (χ0n) is 13.3. The zero-order valence-corrected chi connectivity index (χ0v) is 13.3. The molecule has 2 aliphatic heterocycles. The summed E-state index contributed by atoms with van der Waals surface area (Å²) in [6.45, 7) is 7.01. The van der Waals surface area contributed by atoms with Crippen LogP contribution in [0.3, 0.4) is 0 Å². The minimum Gasteiger partial charge on any atom is -0.358 e. The second kappa shape index (κ2) is 5.13. The Kier molecular flexibility index (Phi) is 3.22. The van der Waals surface area contributed by atoms with E-state index < -0.39 is 0 Å². The number of nitrogens with zero attached hydrogens (tertiary/aromatic N) is 1. The van der Waals surface area contributed by atoms with Crippen molar-refractivity contribution in [1.29, 1.82) is 0 Å². The van der Waals surface area contributed by atoms with Gasteiger partial charge in [-0.2, -0.15) is 0 Å². The number of carbonyl (C=O) groups excluding carboxylic acids is 1. The number of fused-ring (bicyclic) bond motifs is 2. The average Bonchev–Trinajstić information content (AvgIpc) is 3.09. The van der Waals surface area contributed by atoms with Crippen LogP contribution in [0.1, 0.15) is 34.5 Å². The largest absolute Gasteiger partial charge is 0.358 e. The van der Waals surface area contributed by atoms with Gasteiger partial charge in [0.1, 0.15) is 0 Å². The Bertz CT molecular complexity index is 719. The molecular weight excluding hydrogens is 274 g/mol. The first-order valence-electron chi connectivity index (χ1n) is 8.25. The minimum atomic E-state index is 0.169. The smallest absolute Gasteiger partial charge is 0.256 e. The molecule has 1 aromatic heterocycles. The Hall–Kier alpha value is -1.81. The van der Waals surface area contributed by atoms with Gasteiger partial charge in [-0.05, 0) is 50.8 Å². The molecule has 4 heteroatoms. The third-order valence-electron chi connectivity index (χ3n) is 5.46. The molecule has 4 rings (SSSR count). The van der Waals surface area contributed by atoms with E-state index in [0.29, 0.717) is 12.0 Å². The molecule has 4 nitrogen and oxygen atoms in total. The van der Waals surface area contributed by atoms with Crippen molar-refractivity contribution in [2.45, 2.75) is 32.7 Å². The molecule has 0 aliphatic carbocycles. The molecule has 2 aromatic rings. The number of H-pyrrole nitrogens is 1. The maximum Gasteiger partial charge on any atom is 0.256 e. The summed E-state index contributed by atoms with van der Waals surface area (Å²) in [5.74, 6) is 0.798. The first kappa shape index (κ1) is 13.8. The molecule has 1 amide bonds. The van der Waals surface area contributed by atoms with Crippen molar-refractivity contribution < 1.29 is 4.79 Å². The van der Waals surface area contributed by atoms with E-state index in [4.69, 9.17) is 0 Å². The Morgan fingerprint density at radius 3 is 2.95 bits per heavy atom. The number of aromatic nitrogens is 1. The number of nitrogens with one attached hydrogen (secondary N) is 2. The van der Waals surface area contributed by atoms with Gasteiger partial charge in [-0.3, -0.25) is 4.79 Å². The minimum absolute atomic E-state index is 0.169.